The molecule has 0 spiro atoms. The average molecular weight is 361 g/mol. The Morgan fingerprint density at radius 3 is 2.50 bits per heavy atom. The second-order valence-electron chi connectivity index (χ2n) is 6.11. The van der Waals surface area contributed by atoms with E-state index in [9.17, 15) is 23.7 Å². The summed E-state index contributed by atoms with van der Waals surface area (Å²) in [7, 11) is 0. The third-order valence-corrected chi connectivity index (χ3v) is 4.37. The lowest BCUT2D eigenvalue weighted by molar-refractivity contribution is -0.384. The highest BCUT2D eigenvalue weighted by Crippen LogP contribution is 2.17. The normalized spacial score (nSPS) is 15.1. The van der Waals surface area contributed by atoms with Crippen LogP contribution in [0.2, 0.25) is 0 Å². The molecule has 26 heavy (non-hydrogen) atoms. The van der Waals surface area contributed by atoms with Gasteiger partial charge >= 0.3 is 0 Å². The zero-order valence-corrected chi connectivity index (χ0v) is 13.9. The van der Waals surface area contributed by atoms with Gasteiger partial charge in [0.25, 0.3) is 11.6 Å². The first-order chi connectivity index (χ1) is 12.4. The van der Waals surface area contributed by atoms with Crippen LogP contribution in [-0.2, 0) is 6.54 Å². The number of halogens is 2. The van der Waals surface area contributed by atoms with Crippen molar-refractivity contribution in [3.05, 3.63) is 75.3 Å². The maximum Gasteiger partial charge on any atom is 0.270 e. The SMILES string of the molecule is O=C(c1cccc([N+](=O)[O-])c1)N1CCN(Cc2cc(F)ccc2F)CC1. The van der Waals surface area contributed by atoms with Gasteiger partial charge in [0, 0.05) is 56.0 Å². The summed E-state index contributed by atoms with van der Waals surface area (Å²) >= 11 is 0. The quantitative estimate of drug-likeness (QED) is 0.620. The molecule has 0 bridgehead atoms. The van der Waals surface area contributed by atoms with Crippen LogP contribution in [0.3, 0.4) is 0 Å². The molecule has 3 rings (SSSR count). The summed E-state index contributed by atoms with van der Waals surface area (Å²) in [5.74, 6) is -1.22. The molecule has 2 aromatic carbocycles. The molecule has 6 nitrogen and oxygen atoms in total. The minimum Gasteiger partial charge on any atom is -0.336 e. The van der Waals surface area contributed by atoms with Crippen LogP contribution in [0, 0.1) is 21.7 Å². The van der Waals surface area contributed by atoms with Gasteiger partial charge in [0.15, 0.2) is 0 Å². The Labute approximate surface area is 148 Å². The Hall–Kier alpha value is -2.87. The lowest BCUT2D eigenvalue weighted by Gasteiger charge is -2.34. The Bertz CT molecular complexity index is 836. The molecule has 0 unspecified atom stereocenters. The van der Waals surface area contributed by atoms with Crippen molar-refractivity contribution in [2.75, 3.05) is 26.2 Å². The number of rotatable bonds is 4. The molecule has 8 heteroatoms. The molecule has 0 N–H and O–H groups in total. The highest BCUT2D eigenvalue weighted by Gasteiger charge is 2.23. The third-order valence-electron chi connectivity index (χ3n) is 4.37. The van der Waals surface area contributed by atoms with Gasteiger partial charge in [0.05, 0.1) is 4.92 Å². The van der Waals surface area contributed by atoms with Gasteiger partial charge in [-0.2, -0.15) is 0 Å². The van der Waals surface area contributed by atoms with Gasteiger partial charge in [0.1, 0.15) is 11.6 Å². The van der Waals surface area contributed by atoms with Crippen LogP contribution in [0.15, 0.2) is 42.5 Å². The zero-order chi connectivity index (χ0) is 18.7. The van der Waals surface area contributed by atoms with Gasteiger partial charge in [-0.05, 0) is 24.3 Å². The van der Waals surface area contributed by atoms with E-state index in [4.69, 9.17) is 0 Å². The number of carbonyl (C=O) groups is 1. The molecule has 0 atom stereocenters. The van der Waals surface area contributed by atoms with Crippen LogP contribution in [0.25, 0.3) is 0 Å². The minimum absolute atomic E-state index is 0.129. The van der Waals surface area contributed by atoms with Crippen LogP contribution in [0.1, 0.15) is 15.9 Å². The van der Waals surface area contributed by atoms with E-state index >= 15 is 0 Å². The van der Waals surface area contributed by atoms with Crippen molar-refractivity contribution < 1.29 is 18.5 Å². The number of hydrogen-bond donors (Lipinski definition) is 0. The largest absolute Gasteiger partial charge is 0.336 e. The molecule has 0 aliphatic carbocycles. The van der Waals surface area contributed by atoms with Crippen molar-refractivity contribution in [3.8, 4) is 0 Å². The van der Waals surface area contributed by atoms with Gasteiger partial charge < -0.3 is 4.90 Å². The first-order valence-corrected chi connectivity index (χ1v) is 8.14. The summed E-state index contributed by atoms with van der Waals surface area (Å²) in [6, 6.07) is 8.98. The summed E-state index contributed by atoms with van der Waals surface area (Å²) in [5.41, 5.74) is 0.420. The number of non-ortho nitro benzene ring substituents is 1. The maximum absolute atomic E-state index is 13.7. The second-order valence-corrected chi connectivity index (χ2v) is 6.11. The number of piperazine rings is 1. The van der Waals surface area contributed by atoms with Gasteiger partial charge in [-0.15, -0.1) is 0 Å². The van der Waals surface area contributed by atoms with E-state index in [2.05, 4.69) is 0 Å². The molecule has 1 saturated heterocycles. The Kier molecular flexibility index (Phi) is 5.22. The molecule has 2 aromatic rings. The van der Waals surface area contributed by atoms with Crippen molar-refractivity contribution in [2.24, 2.45) is 0 Å². The smallest absolute Gasteiger partial charge is 0.270 e. The summed E-state index contributed by atoms with van der Waals surface area (Å²) in [6.45, 7) is 2.12. The van der Waals surface area contributed by atoms with E-state index in [1.807, 2.05) is 4.90 Å². The summed E-state index contributed by atoms with van der Waals surface area (Å²) in [5, 5.41) is 10.8. The molecule has 136 valence electrons. The first kappa shape index (κ1) is 17.9. The van der Waals surface area contributed by atoms with Crippen LogP contribution >= 0.6 is 0 Å². The van der Waals surface area contributed by atoms with Gasteiger partial charge in [-0.1, -0.05) is 6.07 Å². The lowest BCUT2D eigenvalue weighted by Crippen LogP contribution is -2.48. The highest BCUT2D eigenvalue weighted by atomic mass is 19.1. The lowest BCUT2D eigenvalue weighted by atomic mass is 10.1. The Morgan fingerprint density at radius 1 is 1.08 bits per heavy atom. The molecule has 0 aromatic heterocycles. The molecular weight excluding hydrogens is 344 g/mol. The van der Waals surface area contributed by atoms with Crippen molar-refractivity contribution >= 4 is 11.6 Å². The number of nitro benzene ring substituents is 1. The topological polar surface area (TPSA) is 66.7 Å². The summed E-state index contributed by atoms with van der Waals surface area (Å²) in [4.78, 5) is 26.4. The molecule has 0 saturated carbocycles. The van der Waals surface area contributed by atoms with Crippen molar-refractivity contribution in [3.63, 3.8) is 0 Å². The third kappa shape index (κ3) is 4.02. The monoisotopic (exact) mass is 361 g/mol. The van der Waals surface area contributed by atoms with E-state index in [1.54, 1.807) is 11.0 Å². The molecule has 1 amide bonds. The summed E-state index contributed by atoms with van der Waals surface area (Å²) in [6.07, 6.45) is 0. The molecule has 1 aliphatic heterocycles. The highest BCUT2D eigenvalue weighted by molar-refractivity contribution is 5.94. The Balaban J connectivity index is 1.61. The predicted octanol–water partition coefficient (Wildman–Crippen LogP) is 2.83. The average Bonchev–Trinajstić information content (AvgIpc) is 2.65. The molecule has 1 fully saturated rings. The fraction of sp³-hybridized carbons (Fsp3) is 0.278. The fourth-order valence-electron chi connectivity index (χ4n) is 2.95. The molecule has 0 radical (unpaired) electrons. The molecule has 1 aliphatic rings. The predicted molar refractivity (Wildman–Crippen MR) is 90.6 cm³/mol. The number of hydrogen-bond acceptors (Lipinski definition) is 4. The number of benzene rings is 2. The number of carbonyl (C=O) groups excluding carboxylic acids is 1. The van der Waals surface area contributed by atoms with Crippen LogP contribution in [0.5, 0.6) is 0 Å². The van der Waals surface area contributed by atoms with Crippen molar-refractivity contribution in [1.29, 1.82) is 0 Å². The van der Waals surface area contributed by atoms with Gasteiger partial charge in [-0.25, -0.2) is 8.78 Å². The fourth-order valence-corrected chi connectivity index (χ4v) is 2.95. The van der Waals surface area contributed by atoms with Crippen LogP contribution in [0.4, 0.5) is 14.5 Å². The zero-order valence-electron chi connectivity index (χ0n) is 13.9. The van der Waals surface area contributed by atoms with Crippen LogP contribution in [-0.4, -0.2) is 46.8 Å². The number of amides is 1. The van der Waals surface area contributed by atoms with Gasteiger partial charge in [-0.3, -0.25) is 19.8 Å². The standard InChI is InChI=1S/C18H17F2N3O3/c19-15-4-5-17(20)14(10-15)12-21-6-8-22(9-7-21)18(24)13-2-1-3-16(11-13)23(25)26/h1-5,10-11H,6-9,12H2. The van der Waals surface area contributed by atoms with E-state index < -0.39 is 16.6 Å². The molecular formula is C18H17F2N3O3. The van der Waals surface area contributed by atoms with Crippen molar-refractivity contribution in [2.45, 2.75) is 6.54 Å². The second kappa shape index (κ2) is 7.57. The van der Waals surface area contributed by atoms with E-state index in [1.165, 1.54) is 24.3 Å². The van der Waals surface area contributed by atoms with Crippen LogP contribution < -0.4 is 0 Å². The first-order valence-electron chi connectivity index (χ1n) is 8.14. The number of nitrogens with zero attached hydrogens (tertiary/aromatic N) is 3. The van der Waals surface area contributed by atoms with E-state index in [0.717, 1.165) is 12.1 Å². The van der Waals surface area contributed by atoms with E-state index in [0.29, 0.717) is 26.2 Å². The summed E-state index contributed by atoms with van der Waals surface area (Å²) < 4.78 is 27.0. The van der Waals surface area contributed by atoms with Crippen molar-refractivity contribution in [1.82, 2.24) is 9.80 Å². The van der Waals surface area contributed by atoms with E-state index in [-0.39, 0.29) is 29.3 Å². The number of nitro groups is 1. The molecule has 1 heterocycles. The maximum atomic E-state index is 13.7. The minimum atomic E-state index is -0.539. The Morgan fingerprint density at radius 2 is 1.81 bits per heavy atom. The van der Waals surface area contributed by atoms with Gasteiger partial charge in [0.2, 0.25) is 0 Å².